The van der Waals surface area contributed by atoms with Crippen molar-refractivity contribution in [3.05, 3.63) is 59.9 Å². The van der Waals surface area contributed by atoms with E-state index in [-0.39, 0.29) is 11.8 Å². The lowest BCUT2D eigenvalue weighted by atomic mass is 9.95. The number of methoxy groups -OCH3 is 1. The molecule has 2 heterocycles. The topological polar surface area (TPSA) is 71.7 Å². The third-order valence-corrected chi connectivity index (χ3v) is 5.52. The molecule has 1 amide bonds. The summed E-state index contributed by atoms with van der Waals surface area (Å²) in [4.78, 5) is 21.4. The molecule has 0 bridgehead atoms. The SMILES string of the molecule is COc1cccc(-c2nc(C3CCN(C(=O)c4cccc(N(C)C)c4)CC3)no2)c1. The van der Waals surface area contributed by atoms with Crippen LogP contribution < -0.4 is 9.64 Å². The molecule has 0 radical (unpaired) electrons. The minimum atomic E-state index is 0.0716. The lowest BCUT2D eigenvalue weighted by molar-refractivity contribution is 0.0710. The minimum absolute atomic E-state index is 0.0716. The van der Waals surface area contributed by atoms with Crippen LogP contribution in [0.4, 0.5) is 5.69 Å². The zero-order chi connectivity index (χ0) is 21.1. The van der Waals surface area contributed by atoms with Gasteiger partial charge in [-0.1, -0.05) is 17.3 Å². The highest BCUT2D eigenvalue weighted by Crippen LogP contribution is 2.30. The van der Waals surface area contributed by atoms with E-state index < -0.39 is 0 Å². The monoisotopic (exact) mass is 406 g/mol. The molecule has 2 aromatic carbocycles. The van der Waals surface area contributed by atoms with Crippen molar-refractivity contribution >= 4 is 11.6 Å². The predicted molar refractivity (Wildman–Crippen MR) is 115 cm³/mol. The van der Waals surface area contributed by atoms with Gasteiger partial charge in [0.15, 0.2) is 5.82 Å². The van der Waals surface area contributed by atoms with Gasteiger partial charge in [0.25, 0.3) is 11.8 Å². The highest BCUT2D eigenvalue weighted by molar-refractivity contribution is 5.95. The molecular formula is C23H26N4O3. The summed E-state index contributed by atoms with van der Waals surface area (Å²) in [6.45, 7) is 1.36. The number of carbonyl (C=O) groups is 1. The van der Waals surface area contributed by atoms with Gasteiger partial charge in [-0.15, -0.1) is 0 Å². The molecule has 0 saturated carbocycles. The van der Waals surface area contributed by atoms with Crippen LogP contribution in [0.15, 0.2) is 53.1 Å². The molecule has 4 rings (SSSR count). The van der Waals surface area contributed by atoms with E-state index in [1.165, 1.54) is 0 Å². The second-order valence-corrected chi connectivity index (χ2v) is 7.70. The molecular weight excluding hydrogens is 380 g/mol. The van der Waals surface area contributed by atoms with Crippen LogP contribution in [0.2, 0.25) is 0 Å². The fourth-order valence-electron chi connectivity index (χ4n) is 3.71. The standard InChI is InChI=1S/C23H26N4O3/c1-26(2)19-8-4-7-18(14-19)23(28)27-12-10-16(11-13-27)21-24-22(30-25-21)17-6-5-9-20(15-17)29-3/h4-9,14-16H,10-13H2,1-3H3. The number of aromatic nitrogens is 2. The van der Waals surface area contributed by atoms with Crippen LogP contribution >= 0.6 is 0 Å². The molecule has 0 spiro atoms. The van der Waals surface area contributed by atoms with Gasteiger partial charge < -0.3 is 19.1 Å². The molecule has 1 aliphatic rings. The van der Waals surface area contributed by atoms with Crippen LogP contribution in [0.3, 0.4) is 0 Å². The van der Waals surface area contributed by atoms with E-state index in [0.29, 0.717) is 24.8 Å². The Bertz CT molecular complexity index is 1020. The van der Waals surface area contributed by atoms with E-state index in [2.05, 4.69) is 10.1 Å². The van der Waals surface area contributed by atoms with Crippen molar-refractivity contribution in [3.8, 4) is 17.2 Å². The quantitative estimate of drug-likeness (QED) is 0.641. The second kappa shape index (κ2) is 8.57. The Labute approximate surface area is 176 Å². The molecule has 30 heavy (non-hydrogen) atoms. The van der Waals surface area contributed by atoms with Crippen molar-refractivity contribution in [2.45, 2.75) is 18.8 Å². The summed E-state index contributed by atoms with van der Waals surface area (Å²) < 4.78 is 10.7. The van der Waals surface area contributed by atoms with Gasteiger partial charge in [-0.2, -0.15) is 4.98 Å². The van der Waals surface area contributed by atoms with Gasteiger partial charge in [-0.3, -0.25) is 4.79 Å². The van der Waals surface area contributed by atoms with Crippen LogP contribution in [0, 0.1) is 0 Å². The maximum atomic E-state index is 12.9. The van der Waals surface area contributed by atoms with Gasteiger partial charge in [0.2, 0.25) is 0 Å². The van der Waals surface area contributed by atoms with Crippen molar-refractivity contribution in [1.29, 1.82) is 0 Å². The van der Waals surface area contributed by atoms with Crippen LogP contribution in [-0.4, -0.2) is 55.2 Å². The summed E-state index contributed by atoms with van der Waals surface area (Å²) in [6.07, 6.45) is 1.63. The van der Waals surface area contributed by atoms with Crippen LogP contribution in [0.25, 0.3) is 11.5 Å². The Kier molecular flexibility index (Phi) is 5.70. The molecule has 1 aliphatic heterocycles. The number of ether oxygens (including phenoxy) is 1. The van der Waals surface area contributed by atoms with E-state index in [1.807, 2.05) is 72.4 Å². The van der Waals surface area contributed by atoms with Gasteiger partial charge in [0.1, 0.15) is 5.75 Å². The summed E-state index contributed by atoms with van der Waals surface area (Å²) in [5.74, 6) is 2.20. The Morgan fingerprint density at radius 1 is 1.13 bits per heavy atom. The summed E-state index contributed by atoms with van der Waals surface area (Å²) in [5.41, 5.74) is 2.58. The van der Waals surface area contributed by atoms with Crippen molar-refractivity contribution < 1.29 is 14.1 Å². The van der Waals surface area contributed by atoms with Crippen molar-refractivity contribution in [2.75, 3.05) is 39.2 Å². The Morgan fingerprint density at radius 2 is 1.90 bits per heavy atom. The second-order valence-electron chi connectivity index (χ2n) is 7.70. The summed E-state index contributed by atoms with van der Waals surface area (Å²) in [5, 5.41) is 4.19. The lowest BCUT2D eigenvalue weighted by Crippen LogP contribution is -2.38. The molecule has 1 aromatic heterocycles. The molecule has 1 saturated heterocycles. The zero-order valence-electron chi connectivity index (χ0n) is 17.5. The van der Waals surface area contributed by atoms with Crippen molar-refractivity contribution in [2.24, 2.45) is 0 Å². The first-order chi connectivity index (χ1) is 14.5. The number of hydrogen-bond acceptors (Lipinski definition) is 6. The first-order valence-corrected chi connectivity index (χ1v) is 10.1. The average Bonchev–Trinajstić information content (AvgIpc) is 3.29. The number of anilines is 1. The number of benzene rings is 2. The maximum absolute atomic E-state index is 12.9. The highest BCUT2D eigenvalue weighted by Gasteiger charge is 2.28. The fraction of sp³-hybridized carbons (Fsp3) is 0.348. The van der Waals surface area contributed by atoms with Gasteiger partial charge in [-0.25, -0.2) is 0 Å². The zero-order valence-corrected chi connectivity index (χ0v) is 17.5. The van der Waals surface area contributed by atoms with Crippen molar-refractivity contribution in [1.82, 2.24) is 15.0 Å². The molecule has 1 fully saturated rings. The van der Waals surface area contributed by atoms with Crippen molar-refractivity contribution in [3.63, 3.8) is 0 Å². The molecule has 3 aromatic rings. The number of piperidine rings is 1. The first-order valence-electron chi connectivity index (χ1n) is 10.1. The van der Waals surface area contributed by atoms with Crippen LogP contribution in [0.1, 0.15) is 34.9 Å². The van der Waals surface area contributed by atoms with E-state index in [0.717, 1.165) is 35.4 Å². The Morgan fingerprint density at radius 3 is 2.63 bits per heavy atom. The van der Waals surface area contributed by atoms with E-state index in [1.54, 1.807) is 7.11 Å². The fourth-order valence-corrected chi connectivity index (χ4v) is 3.71. The molecule has 0 atom stereocenters. The van der Waals surface area contributed by atoms with Gasteiger partial charge in [-0.05, 0) is 49.2 Å². The number of nitrogens with zero attached hydrogens (tertiary/aromatic N) is 4. The molecule has 0 unspecified atom stereocenters. The number of hydrogen-bond donors (Lipinski definition) is 0. The maximum Gasteiger partial charge on any atom is 0.258 e. The normalized spacial score (nSPS) is 14.6. The van der Waals surface area contributed by atoms with E-state index >= 15 is 0 Å². The van der Waals surface area contributed by atoms with Crippen LogP contribution in [0.5, 0.6) is 5.75 Å². The molecule has 0 aliphatic carbocycles. The van der Waals surface area contributed by atoms with Gasteiger partial charge >= 0.3 is 0 Å². The third kappa shape index (κ3) is 4.15. The average molecular weight is 406 g/mol. The number of rotatable bonds is 5. The molecule has 7 heteroatoms. The van der Waals surface area contributed by atoms with E-state index in [4.69, 9.17) is 9.26 Å². The van der Waals surface area contributed by atoms with Crippen LogP contribution in [-0.2, 0) is 0 Å². The predicted octanol–water partition coefficient (Wildman–Crippen LogP) is 3.83. The Hall–Kier alpha value is -3.35. The number of amides is 1. The molecule has 0 N–H and O–H groups in total. The summed E-state index contributed by atoms with van der Waals surface area (Å²) in [7, 11) is 5.57. The van der Waals surface area contributed by atoms with Gasteiger partial charge in [0.05, 0.1) is 7.11 Å². The first kappa shape index (κ1) is 19.9. The largest absolute Gasteiger partial charge is 0.497 e. The number of likely N-dealkylation sites (tertiary alicyclic amines) is 1. The highest BCUT2D eigenvalue weighted by atomic mass is 16.5. The lowest BCUT2D eigenvalue weighted by Gasteiger charge is -2.30. The Balaban J connectivity index is 1.41. The minimum Gasteiger partial charge on any atom is -0.497 e. The molecule has 156 valence electrons. The summed E-state index contributed by atoms with van der Waals surface area (Å²) >= 11 is 0. The molecule has 7 nitrogen and oxygen atoms in total. The van der Waals surface area contributed by atoms with Gasteiger partial charge in [0, 0.05) is 49.9 Å². The third-order valence-electron chi connectivity index (χ3n) is 5.52. The van der Waals surface area contributed by atoms with E-state index in [9.17, 15) is 4.79 Å². The number of carbonyl (C=O) groups excluding carboxylic acids is 1. The summed E-state index contributed by atoms with van der Waals surface area (Å²) in [6, 6.07) is 15.3. The smallest absolute Gasteiger partial charge is 0.258 e.